The number of nitro benzene ring substituents is 1. The molecule has 0 aliphatic carbocycles. The highest BCUT2D eigenvalue weighted by Crippen LogP contribution is 2.35. The molecule has 0 fully saturated rings. The number of rotatable bonds is 6. The largest absolute Gasteiger partial charge is 0.467 e. The highest BCUT2D eigenvalue weighted by molar-refractivity contribution is 5.98. The van der Waals surface area contributed by atoms with Gasteiger partial charge in [0.1, 0.15) is 17.4 Å². The van der Waals surface area contributed by atoms with Crippen LogP contribution in [0.2, 0.25) is 0 Å². The molecular formula is C21H19N3O4. The fourth-order valence-corrected chi connectivity index (χ4v) is 3.64. The predicted molar refractivity (Wildman–Crippen MR) is 104 cm³/mol. The summed E-state index contributed by atoms with van der Waals surface area (Å²) in [6.45, 7) is 1.08. The Bertz CT molecular complexity index is 1000. The number of carbonyl (C=O) groups excluding carboxylic acids is 1. The Hall–Kier alpha value is -3.61. The zero-order chi connectivity index (χ0) is 19.5. The summed E-state index contributed by atoms with van der Waals surface area (Å²) >= 11 is 0. The van der Waals surface area contributed by atoms with Crippen LogP contribution in [0.1, 0.15) is 27.7 Å². The molecule has 1 aromatic heterocycles. The molecule has 1 N–H and O–H groups in total. The SMILES string of the molecule is O=C(NCC(c1ccco1)N1CCc2ccccc21)c1ccccc1[N+](=O)[O-]. The van der Waals surface area contributed by atoms with Crippen LogP contribution in [0.3, 0.4) is 0 Å². The minimum absolute atomic E-state index is 0.0486. The second-order valence-corrected chi connectivity index (χ2v) is 6.59. The maximum absolute atomic E-state index is 12.6. The highest BCUT2D eigenvalue weighted by atomic mass is 16.6. The lowest BCUT2D eigenvalue weighted by atomic mass is 10.1. The molecule has 1 aliphatic heterocycles. The summed E-state index contributed by atoms with van der Waals surface area (Å²) < 4.78 is 5.62. The maximum Gasteiger partial charge on any atom is 0.282 e. The van der Waals surface area contributed by atoms with Crippen LogP contribution < -0.4 is 10.2 Å². The molecule has 0 radical (unpaired) electrons. The number of anilines is 1. The Morgan fingerprint density at radius 2 is 1.93 bits per heavy atom. The number of para-hydroxylation sites is 2. The van der Waals surface area contributed by atoms with Crippen LogP contribution in [-0.2, 0) is 6.42 Å². The quantitative estimate of drug-likeness (QED) is 0.522. The first-order valence-electron chi connectivity index (χ1n) is 9.04. The fourth-order valence-electron chi connectivity index (χ4n) is 3.64. The molecule has 2 heterocycles. The second-order valence-electron chi connectivity index (χ2n) is 6.59. The van der Waals surface area contributed by atoms with Gasteiger partial charge in [-0.3, -0.25) is 14.9 Å². The topological polar surface area (TPSA) is 88.6 Å². The normalized spacial score (nSPS) is 13.8. The molecule has 1 atom stereocenters. The third-order valence-electron chi connectivity index (χ3n) is 4.97. The van der Waals surface area contributed by atoms with Gasteiger partial charge in [-0.25, -0.2) is 0 Å². The lowest BCUT2D eigenvalue weighted by Crippen LogP contribution is -2.37. The van der Waals surface area contributed by atoms with E-state index in [0.29, 0.717) is 0 Å². The van der Waals surface area contributed by atoms with Gasteiger partial charge in [0.05, 0.1) is 11.2 Å². The Labute approximate surface area is 161 Å². The van der Waals surface area contributed by atoms with Gasteiger partial charge in [0.2, 0.25) is 0 Å². The van der Waals surface area contributed by atoms with Gasteiger partial charge in [0, 0.05) is 24.8 Å². The summed E-state index contributed by atoms with van der Waals surface area (Å²) in [7, 11) is 0. The molecule has 2 aromatic carbocycles. The van der Waals surface area contributed by atoms with Crippen molar-refractivity contribution in [3.8, 4) is 0 Å². The molecule has 0 saturated heterocycles. The van der Waals surface area contributed by atoms with E-state index in [4.69, 9.17) is 4.42 Å². The van der Waals surface area contributed by atoms with Crippen molar-refractivity contribution in [1.82, 2.24) is 5.32 Å². The van der Waals surface area contributed by atoms with E-state index in [9.17, 15) is 14.9 Å². The lowest BCUT2D eigenvalue weighted by molar-refractivity contribution is -0.385. The molecular weight excluding hydrogens is 358 g/mol. The average Bonchev–Trinajstić information content (AvgIpc) is 3.39. The van der Waals surface area contributed by atoms with Crippen molar-refractivity contribution in [3.63, 3.8) is 0 Å². The van der Waals surface area contributed by atoms with Crippen molar-refractivity contribution >= 4 is 17.3 Å². The number of furan rings is 1. The highest BCUT2D eigenvalue weighted by Gasteiger charge is 2.29. The Morgan fingerprint density at radius 3 is 2.71 bits per heavy atom. The summed E-state index contributed by atoms with van der Waals surface area (Å²) in [4.78, 5) is 25.5. The monoisotopic (exact) mass is 377 g/mol. The molecule has 0 bridgehead atoms. The summed E-state index contributed by atoms with van der Waals surface area (Å²) in [5.41, 5.74) is 2.21. The Balaban J connectivity index is 1.57. The zero-order valence-corrected chi connectivity index (χ0v) is 15.1. The van der Waals surface area contributed by atoms with Gasteiger partial charge in [0.15, 0.2) is 0 Å². The third kappa shape index (κ3) is 3.34. The first-order chi connectivity index (χ1) is 13.6. The van der Waals surface area contributed by atoms with Crippen molar-refractivity contribution in [1.29, 1.82) is 0 Å². The zero-order valence-electron chi connectivity index (χ0n) is 15.1. The van der Waals surface area contributed by atoms with Crippen LogP contribution in [0.4, 0.5) is 11.4 Å². The van der Waals surface area contributed by atoms with Crippen LogP contribution in [0.15, 0.2) is 71.3 Å². The number of fused-ring (bicyclic) bond motifs is 1. The van der Waals surface area contributed by atoms with E-state index < -0.39 is 10.8 Å². The molecule has 28 heavy (non-hydrogen) atoms. The summed E-state index contributed by atoms with van der Waals surface area (Å²) in [6.07, 6.45) is 2.53. The van der Waals surface area contributed by atoms with Crippen LogP contribution in [0.5, 0.6) is 0 Å². The van der Waals surface area contributed by atoms with E-state index in [-0.39, 0.29) is 23.8 Å². The Kier molecular flexibility index (Phi) is 4.80. The number of amides is 1. The van der Waals surface area contributed by atoms with Crippen LogP contribution >= 0.6 is 0 Å². The number of benzene rings is 2. The van der Waals surface area contributed by atoms with Crippen molar-refractivity contribution in [2.45, 2.75) is 12.5 Å². The van der Waals surface area contributed by atoms with Gasteiger partial charge >= 0.3 is 0 Å². The Morgan fingerprint density at radius 1 is 1.14 bits per heavy atom. The molecule has 4 rings (SSSR count). The van der Waals surface area contributed by atoms with Crippen LogP contribution in [0, 0.1) is 10.1 Å². The molecule has 1 aliphatic rings. The third-order valence-corrected chi connectivity index (χ3v) is 4.97. The molecule has 142 valence electrons. The van der Waals surface area contributed by atoms with E-state index >= 15 is 0 Å². The van der Waals surface area contributed by atoms with Gasteiger partial charge in [-0.1, -0.05) is 30.3 Å². The fraction of sp³-hybridized carbons (Fsp3) is 0.190. The van der Waals surface area contributed by atoms with Gasteiger partial charge in [-0.15, -0.1) is 0 Å². The molecule has 1 amide bonds. The first kappa shape index (κ1) is 17.8. The number of nitro groups is 1. The summed E-state index contributed by atoms with van der Waals surface area (Å²) in [6, 6.07) is 17.6. The van der Waals surface area contributed by atoms with E-state index in [1.165, 1.54) is 17.7 Å². The van der Waals surface area contributed by atoms with Crippen molar-refractivity contribution < 1.29 is 14.1 Å². The second kappa shape index (κ2) is 7.56. The predicted octanol–water partition coefficient (Wildman–Crippen LogP) is 3.72. The molecule has 0 saturated carbocycles. The van der Waals surface area contributed by atoms with E-state index in [1.807, 2.05) is 24.3 Å². The number of carbonyl (C=O) groups is 1. The van der Waals surface area contributed by atoms with E-state index in [0.717, 1.165) is 24.4 Å². The number of hydrogen-bond donors (Lipinski definition) is 1. The van der Waals surface area contributed by atoms with Crippen molar-refractivity contribution in [3.05, 3.63) is 93.9 Å². The minimum Gasteiger partial charge on any atom is -0.467 e. The molecule has 7 nitrogen and oxygen atoms in total. The van der Waals surface area contributed by atoms with Crippen LogP contribution in [0.25, 0.3) is 0 Å². The number of hydrogen-bond acceptors (Lipinski definition) is 5. The minimum atomic E-state index is -0.546. The van der Waals surface area contributed by atoms with Crippen molar-refractivity contribution in [2.75, 3.05) is 18.0 Å². The van der Waals surface area contributed by atoms with E-state index in [1.54, 1.807) is 18.4 Å². The maximum atomic E-state index is 12.6. The van der Waals surface area contributed by atoms with Crippen LogP contribution in [-0.4, -0.2) is 23.9 Å². The van der Waals surface area contributed by atoms with Crippen molar-refractivity contribution in [2.24, 2.45) is 0 Å². The smallest absolute Gasteiger partial charge is 0.282 e. The molecule has 3 aromatic rings. The number of nitrogens with one attached hydrogen (secondary N) is 1. The van der Waals surface area contributed by atoms with Gasteiger partial charge < -0.3 is 14.6 Å². The number of nitrogens with zero attached hydrogens (tertiary/aromatic N) is 2. The molecule has 0 spiro atoms. The average molecular weight is 377 g/mol. The summed E-state index contributed by atoms with van der Waals surface area (Å²) in [5.74, 6) is 0.260. The molecule has 1 unspecified atom stereocenters. The lowest BCUT2D eigenvalue weighted by Gasteiger charge is -2.29. The summed E-state index contributed by atoms with van der Waals surface area (Å²) in [5, 5.41) is 14.0. The van der Waals surface area contributed by atoms with Gasteiger partial charge in [-0.05, 0) is 36.2 Å². The van der Waals surface area contributed by atoms with Gasteiger partial charge in [-0.2, -0.15) is 0 Å². The first-order valence-corrected chi connectivity index (χ1v) is 9.04. The van der Waals surface area contributed by atoms with E-state index in [2.05, 4.69) is 22.3 Å². The standard InChI is InChI=1S/C21H19N3O4/c25-21(16-7-2-4-9-18(16)24(26)27)22-14-19(20-10-5-13-28-20)23-12-11-15-6-1-3-8-17(15)23/h1-10,13,19H,11-12,14H2,(H,22,25). The van der Waals surface area contributed by atoms with Gasteiger partial charge in [0.25, 0.3) is 11.6 Å². The molecule has 7 heteroatoms.